The minimum Gasteiger partial charge on any atom is -0.478 e. The third kappa shape index (κ3) is 3.35. The molecular weight excluding hydrogens is 240 g/mol. The molecule has 0 atom stereocenters. The zero-order chi connectivity index (χ0) is 13.7. The van der Waals surface area contributed by atoms with Crippen molar-refractivity contribution in [2.45, 2.75) is 26.7 Å². The molecular formula is C14H24N4O. The highest BCUT2D eigenvalue weighted by atomic mass is 16.5. The molecule has 0 saturated carbocycles. The predicted octanol–water partition coefficient (Wildman–Crippen LogP) is 1.62. The van der Waals surface area contributed by atoms with E-state index in [-0.39, 0.29) is 0 Å². The molecule has 0 spiro atoms. The summed E-state index contributed by atoms with van der Waals surface area (Å²) in [6.07, 6.45) is 4.04. The van der Waals surface area contributed by atoms with Gasteiger partial charge < -0.3 is 15.0 Å². The number of anilines is 1. The SMILES string of the molecule is CCOc1ncnc(N2CCC(CNC)CC2)c1C. The van der Waals surface area contributed by atoms with E-state index in [4.69, 9.17) is 4.74 Å². The van der Waals surface area contributed by atoms with Crippen LogP contribution in [0.4, 0.5) is 5.82 Å². The molecule has 0 amide bonds. The Hall–Kier alpha value is -1.36. The van der Waals surface area contributed by atoms with Crippen molar-refractivity contribution in [3.63, 3.8) is 0 Å². The maximum absolute atomic E-state index is 5.54. The summed E-state index contributed by atoms with van der Waals surface area (Å²) in [6.45, 7) is 7.90. The molecule has 2 heterocycles. The van der Waals surface area contributed by atoms with Gasteiger partial charge in [-0.15, -0.1) is 0 Å². The summed E-state index contributed by atoms with van der Waals surface area (Å²) in [5.74, 6) is 2.53. The average Bonchev–Trinajstić information content (AvgIpc) is 2.43. The van der Waals surface area contributed by atoms with E-state index in [0.29, 0.717) is 12.5 Å². The minimum atomic E-state index is 0.640. The zero-order valence-electron chi connectivity index (χ0n) is 12.1. The number of ether oxygens (including phenoxy) is 1. The van der Waals surface area contributed by atoms with Crippen LogP contribution in [0.1, 0.15) is 25.3 Å². The van der Waals surface area contributed by atoms with Crippen molar-refractivity contribution in [1.29, 1.82) is 0 Å². The summed E-state index contributed by atoms with van der Waals surface area (Å²) in [5, 5.41) is 3.27. The van der Waals surface area contributed by atoms with Crippen LogP contribution in [-0.2, 0) is 0 Å². The molecule has 1 fully saturated rings. The highest BCUT2D eigenvalue weighted by molar-refractivity contribution is 5.50. The lowest BCUT2D eigenvalue weighted by Crippen LogP contribution is -2.37. The quantitative estimate of drug-likeness (QED) is 0.876. The second-order valence-electron chi connectivity index (χ2n) is 5.05. The Labute approximate surface area is 115 Å². The first kappa shape index (κ1) is 14.1. The molecule has 0 aliphatic carbocycles. The van der Waals surface area contributed by atoms with Gasteiger partial charge in [-0.3, -0.25) is 0 Å². The van der Waals surface area contributed by atoms with Gasteiger partial charge in [0.1, 0.15) is 12.1 Å². The van der Waals surface area contributed by atoms with E-state index in [0.717, 1.165) is 36.9 Å². The number of aromatic nitrogens is 2. The monoisotopic (exact) mass is 264 g/mol. The van der Waals surface area contributed by atoms with Crippen LogP contribution in [0.15, 0.2) is 6.33 Å². The van der Waals surface area contributed by atoms with Crippen molar-refractivity contribution in [2.24, 2.45) is 5.92 Å². The number of nitrogens with one attached hydrogen (secondary N) is 1. The Bertz CT molecular complexity index is 402. The van der Waals surface area contributed by atoms with E-state index >= 15 is 0 Å². The molecule has 1 N–H and O–H groups in total. The van der Waals surface area contributed by atoms with Crippen LogP contribution in [0.2, 0.25) is 0 Å². The molecule has 1 aromatic rings. The highest BCUT2D eigenvalue weighted by Gasteiger charge is 2.22. The van der Waals surface area contributed by atoms with Crippen LogP contribution in [0.3, 0.4) is 0 Å². The van der Waals surface area contributed by atoms with E-state index in [9.17, 15) is 0 Å². The first-order valence-corrected chi connectivity index (χ1v) is 7.10. The average molecular weight is 264 g/mol. The molecule has 19 heavy (non-hydrogen) atoms. The van der Waals surface area contributed by atoms with E-state index in [1.807, 2.05) is 20.9 Å². The van der Waals surface area contributed by atoms with Gasteiger partial charge in [0.2, 0.25) is 5.88 Å². The van der Waals surface area contributed by atoms with Gasteiger partial charge in [-0.05, 0) is 46.2 Å². The molecule has 0 aromatic carbocycles. The van der Waals surface area contributed by atoms with Crippen LogP contribution in [-0.4, -0.2) is 43.3 Å². The molecule has 2 rings (SSSR count). The lowest BCUT2D eigenvalue weighted by Gasteiger charge is -2.33. The van der Waals surface area contributed by atoms with Gasteiger partial charge in [0.15, 0.2) is 0 Å². The molecule has 1 aliphatic rings. The maximum Gasteiger partial charge on any atom is 0.221 e. The predicted molar refractivity (Wildman–Crippen MR) is 76.8 cm³/mol. The second-order valence-corrected chi connectivity index (χ2v) is 5.05. The molecule has 0 bridgehead atoms. The lowest BCUT2D eigenvalue weighted by molar-refractivity contribution is 0.323. The fraction of sp³-hybridized carbons (Fsp3) is 0.714. The van der Waals surface area contributed by atoms with E-state index in [1.165, 1.54) is 12.8 Å². The fourth-order valence-electron chi connectivity index (χ4n) is 2.66. The molecule has 0 unspecified atom stereocenters. The van der Waals surface area contributed by atoms with Crippen LogP contribution in [0.25, 0.3) is 0 Å². The van der Waals surface area contributed by atoms with E-state index in [1.54, 1.807) is 6.33 Å². The van der Waals surface area contributed by atoms with Crippen molar-refractivity contribution >= 4 is 5.82 Å². The molecule has 1 saturated heterocycles. The second kappa shape index (κ2) is 6.70. The topological polar surface area (TPSA) is 50.3 Å². The molecule has 106 valence electrons. The van der Waals surface area contributed by atoms with Gasteiger partial charge in [0.05, 0.1) is 12.2 Å². The number of hydrogen-bond acceptors (Lipinski definition) is 5. The third-order valence-electron chi connectivity index (χ3n) is 3.70. The normalized spacial score (nSPS) is 16.7. The summed E-state index contributed by atoms with van der Waals surface area (Å²) in [4.78, 5) is 11.0. The smallest absolute Gasteiger partial charge is 0.221 e. The standard InChI is InChI=1S/C14H24N4O/c1-4-19-14-11(2)13(16-10-17-14)18-7-5-12(6-8-18)9-15-3/h10,12,15H,4-9H2,1-3H3. The minimum absolute atomic E-state index is 0.640. The molecule has 1 aromatic heterocycles. The molecule has 0 radical (unpaired) electrons. The largest absolute Gasteiger partial charge is 0.478 e. The van der Waals surface area contributed by atoms with E-state index in [2.05, 4.69) is 20.2 Å². The Morgan fingerprint density at radius 1 is 1.37 bits per heavy atom. The van der Waals surface area contributed by atoms with Gasteiger partial charge in [0.25, 0.3) is 0 Å². The number of rotatable bonds is 5. The molecule has 5 heteroatoms. The summed E-state index contributed by atoms with van der Waals surface area (Å²) >= 11 is 0. The van der Waals surface area contributed by atoms with Crippen molar-refractivity contribution in [3.8, 4) is 5.88 Å². The third-order valence-corrected chi connectivity index (χ3v) is 3.70. The van der Waals surface area contributed by atoms with Gasteiger partial charge >= 0.3 is 0 Å². The number of piperidine rings is 1. The van der Waals surface area contributed by atoms with Gasteiger partial charge in [-0.2, -0.15) is 0 Å². The summed E-state index contributed by atoms with van der Waals surface area (Å²) in [7, 11) is 2.02. The van der Waals surface area contributed by atoms with Crippen LogP contribution in [0, 0.1) is 12.8 Å². The summed E-state index contributed by atoms with van der Waals surface area (Å²) in [5.41, 5.74) is 1.05. The first-order valence-electron chi connectivity index (χ1n) is 7.10. The summed E-state index contributed by atoms with van der Waals surface area (Å²) < 4.78 is 5.54. The Balaban J connectivity index is 2.05. The highest BCUT2D eigenvalue weighted by Crippen LogP contribution is 2.27. The zero-order valence-corrected chi connectivity index (χ0v) is 12.1. The van der Waals surface area contributed by atoms with Crippen LogP contribution < -0.4 is 15.0 Å². The van der Waals surface area contributed by atoms with Crippen molar-refractivity contribution in [3.05, 3.63) is 11.9 Å². The Morgan fingerprint density at radius 2 is 2.11 bits per heavy atom. The number of nitrogens with zero attached hydrogens (tertiary/aromatic N) is 3. The summed E-state index contributed by atoms with van der Waals surface area (Å²) in [6, 6.07) is 0. The molecule has 5 nitrogen and oxygen atoms in total. The van der Waals surface area contributed by atoms with Crippen molar-refractivity contribution in [1.82, 2.24) is 15.3 Å². The first-order chi connectivity index (χ1) is 9.26. The molecule has 1 aliphatic heterocycles. The lowest BCUT2D eigenvalue weighted by atomic mass is 9.96. The van der Waals surface area contributed by atoms with Crippen LogP contribution >= 0.6 is 0 Å². The van der Waals surface area contributed by atoms with Crippen molar-refractivity contribution < 1.29 is 4.74 Å². The number of hydrogen-bond donors (Lipinski definition) is 1. The van der Waals surface area contributed by atoms with Gasteiger partial charge in [-0.25, -0.2) is 9.97 Å². The van der Waals surface area contributed by atoms with E-state index < -0.39 is 0 Å². The van der Waals surface area contributed by atoms with Crippen LogP contribution in [0.5, 0.6) is 5.88 Å². The Kier molecular flexibility index (Phi) is 4.96. The maximum atomic E-state index is 5.54. The van der Waals surface area contributed by atoms with Crippen molar-refractivity contribution in [2.75, 3.05) is 38.2 Å². The fourth-order valence-corrected chi connectivity index (χ4v) is 2.66. The Morgan fingerprint density at radius 3 is 2.74 bits per heavy atom. The van der Waals surface area contributed by atoms with Gasteiger partial charge in [-0.1, -0.05) is 0 Å². The van der Waals surface area contributed by atoms with Gasteiger partial charge in [0, 0.05) is 13.1 Å².